The molecule has 0 amide bonds. The second kappa shape index (κ2) is 1.80. The third kappa shape index (κ3) is 0.712. The van der Waals surface area contributed by atoms with E-state index in [1.165, 1.54) is 0 Å². The fraction of sp³-hybridized carbons (Fsp3) is 0.600. The highest BCUT2D eigenvalue weighted by Crippen LogP contribution is 2.08. The summed E-state index contributed by atoms with van der Waals surface area (Å²) in [7, 11) is 0. The molecule has 2 aliphatic rings. The van der Waals surface area contributed by atoms with Crippen molar-refractivity contribution in [2.75, 3.05) is 13.2 Å². The minimum absolute atomic E-state index is 0.384. The van der Waals surface area contributed by atoms with Crippen LogP contribution in [0.25, 0.3) is 0 Å². The molecule has 9 heavy (non-hydrogen) atoms. The van der Waals surface area contributed by atoms with Crippen molar-refractivity contribution in [1.29, 1.82) is 0 Å². The highest BCUT2D eigenvalue weighted by Gasteiger charge is 2.23. The van der Waals surface area contributed by atoms with Crippen molar-refractivity contribution in [1.82, 2.24) is 5.48 Å². The van der Waals surface area contributed by atoms with Crippen LogP contribution >= 0.6 is 0 Å². The van der Waals surface area contributed by atoms with Crippen LogP contribution in [0.2, 0.25) is 0 Å². The largest absolute Gasteiger partial charge is 0.274 e. The van der Waals surface area contributed by atoms with Crippen LogP contribution < -0.4 is 5.48 Å². The lowest BCUT2D eigenvalue weighted by Gasteiger charge is -2.05. The predicted octanol–water partition coefficient (Wildman–Crippen LogP) is -0.422. The Kier molecular flexibility index (Phi) is 0.989. The van der Waals surface area contributed by atoms with Crippen molar-refractivity contribution in [3.05, 3.63) is 0 Å². The summed E-state index contributed by atoms with van der Waals surface area (Å²) in [4.78, 5) is 12.9. The van der Waals surface area contributed by atoms with Gasteiger partial charge in [0.1, 0.15) is 12.2 Å². The first-order valence-corrected chi connectivity index (χ1v) is 2.90. The van der Waals surface area contributed by atoms with Gasteiger partial charge < -0.3 is 0 Å². The molecule has 1 saturated heterocycles. The van der Waals surface area contributed by atoms with E-state index in [4.69, 9.17) is 4.84 Å². The molecule has 0 spiro atoms. The smallest absolute Gasteiger partial charge is 0.135 e. The lowest BCUT2D eigenvalue weighted by atomic mass is 10.1. The van der Waals surface area contributed by atoms with E-state index in [0.717, 1.165) is 12.4 Å². The fourth-order valence-corrected chi connectivity index (χ4v) is 0.927. The Hall–Kier alpha value is -0.900. The number of fused-ring (bicyclic) bond motifs is 1. The van der Waals surface area contributed by atoms with Gasteiger partial charge in [0.15, 0.2) is 0 Å². The van der Waals surface area contributed by atoms with Gasteiger partial charge in [-0.1, -0.05) is 0 Å². The number of aliphatic imine (C=N–C) groups is 2. The van der Waals surface area contributed by atoms with E-state index >= 15 is 0 Å². The van der Waals surface area contributed by atoms with E-state index in [-0.39, 0.29) is 0 Å². The summed E-state index contributed by atoms with van der Waals surface area (Å²) in [5, 5.41) is 0. The van der Waals surface area contributed by atoms with Crippen LogP contribution in [0, 0.1) is 5.92 Å². The first-order chi connectivity index (χ1) is 4.47. The zero-order valence-electron chi connectivity index (χ0n) is 4.87. The summed E-state index contributed by atoms with van der Waals surface area (Å²) in [6.07, 6.45) is 1.56. The third-order valence-corrected chi connectivity index (χ3v) is 1.45. The number of nitrogens with one attached hydrogen (secondary N) is 1. The molecule has 1 unspecified atom stereocenters. The minimum Gasteiger partial charge on any atom is -0.274 e. The van der Waals surface area contributed by atoms with Crippen molar-refractivity contribution >= 4 is 12.2 Å². The van der Waals surface area contributed by atoms with E-state index < -0.39 is 0 Å². The van der Waals surface area contributed by atoms with E-state index in [0.29, 0.717) is 12.5 Å². The van der Waals surface area contributed by atoms with E-state index in [1.807, 2.05) is 0 Å². The average molecular weight is 125 g/mol. The summed E-state index contributed by atoms with van der Waals surface area (Å²) in [6, 6.07) is 0. The molecule has 0 aromatic rings. The maximum atomic E-state index is 4.93. The summed E-state index contributed by atoms with van der Waals surface area (Å²) < 4.78 is 0. The van der Waals surface area contributed by atoms with Gasteiger partial charge in [-0.05, 0) is 0 Å². The molecule has 4 nitrogen and oxygen atoms in total. The Bertz CT molecular complexity index is 175. The van der Waals surface area contributed by atoms with Crippen molar-refractivity contribution in [3.63, 3.8) is 0 Å². The van der Waals surface area contributed by atoms with Crippen LogP contribution in [0.15, 0.2) is 9.98 Å². The van der Waals surface area contributed by atoms with Crippen LogP contribution in [-0.4, -0.2) is 25.3 Å². The van der Waals surface area contributed by atoms with Crippen LogP contribution in [-0.2, 0) is 4.84 Å². The van der Waals surface area contributed by atoms with E-state index in [2.05, 4.69) is 15.5 Å². The summed E-state index contributed by atoms with van der Waals surface area (Å²) in [5.74, 6) is 1.31. The maximum absolute atomic E-state index is 4.93. The molecule has 2 heterocycles. The molecule has 1 atom stereocenters. The zero-order valence-corrected chi connectivity index (χ0v) is 4.87. The topological polar surface area (TPSA) is 46.0 Å². The number of nitrogens with zero attached hydrogens (tertiary/aromatic N) is 2. The first kappa shape index (κ1) is 4.93. The minimum atomic E-state index is 0.384. The third-order valence-electron chi connectivity index (χ3n) is 1.45. The molecular weight excluding hydrogens is 118 g/mol. The van der Waals surface area contributed by atoms with Crippen LogP contribution in [0.3, 0.4) is 0 Å². The van der Waals surface area contributed by atoms with Gasteiger partial charge >= 0.3 is 0 Å². The molecule has 0 saturated carbocycles. The zero-order chi connectivity index (χ0) is 6.10. The second-order valence-electron chi connectivity index (χ2n) is 2.10. The average Bonchev–Trinajstić information content (AvgIpc) is 2.33. The van der Waals surface area contributed by atoms with E-state index in [1.54, 1.807) is 6.34 Å². The Morgan fingerprint density at radius 1 is 1.78 bits per heavy atom. The van der Waals surface area contributed by atoms with Gasteiger partial charge in [-0.3, -0.25) is 15.3 Å². The fourth-order valence-electron chi connectivity index (χ4n) is 0.927. The molecular formula is C5H7N3O. The molecule has 2 aliphatic heterocycles. The predicted molar refractivity (Wildman–Crippen MR) is 33.4 cm³/mol. The number of amidine groups is 1. The molecule has 4 heteroatoms. The SMILES string of the molecule is C1=NCC2CONC2=N1. The highest BCUT2D eigenvalue weighted by atomic mass is 16.7. The summed E-state index contributed by atoms with van der Waals surface area (Å²) in [6.45, 7) is 1.52. The summed E-state index contributed by atoms with van der Waals surface area (Å²) in [5.41, 5.74) is 2.72. The molecule has 0 aromatic heterocycles. The number of hydroxylamine groups is 1. The lowest BCUT2D eigenvalue weighted by Crippen LogP contribution is -2.23. The van der Waals surface area contributed by atoms with Crippen molar-refractivity contribution in [2.45, 2.75) is 0 Å². The standard InChI is InChI=1S/C5H7N3O/c1-4-2-9-8-5(4)7-3-6-1/h3-4H,1-2H2,(H,6,7,8). The monoisotopic (exact) mass is 125 g/mol. The van der Waals surface area contributed by atoms with Gasteiger partial charge in [-0.15, -0.1) is 0 Å². The van der Waals surface area contributed by atoms with Crippen LogP contribution in [0.4, 0.5) is 0 Å². The van der Waals surface area contributed by atoms with Gasteiger partial charge in [0.25, 0.3) is 0 Å². The Morgan fingerprint density at radius 3 is 3.67 bits per heavy atom. The van der Waals surface area contributed by atoms with Crippen molar-refractivity contribution in [3.8, 4) is 0 Å². The van der Waals surface area contributed by atoms with Crippen LogP contribution in [0.5, 0.6) is 0 Å². The molecule has 0 aliphatic carbocycles. The van der Waals surface area contributed by atoms with Crippen LogP contribution in [0.1, 0.15) is 0 Å². The van der Waals surface area contributed by atoms with Gasteiger partial charge in [0, 0.05) is 0 Å². The first-order valence-electron chi connectivity index (χ1n) is 2.90. The molecule has 0 radical (unpaired) electrons. The molecule has 0 bridgehead atoms. The van der Waals surface area contributed by atoms with Gasteiger partial charge in [-0.2, -0.15) is 0 Å². The number of rotatable bonds is 0. The van der Waals surface area contributed by atoms with Gasteiger partial charge in [-0.25, -0.2) is 4.99 Å². The highest BCUT2D eigenvalue weighted by molar-refractivity contribution is 5.92. The van der Waals surface area contributed by atoms with Crippen molar-refractivity contribution in [2.24, 2.45) is 15.9 Å². The quantitative estimate of drug-likeness (QED) is 0.478. The Labute approximate surface area is 52.6 Å². The molecule has 1 N–H and O–H groups in total. The lowest BCUT2D eigenvalue weighted by molar-refractivity contribution is 0.111. The van der Waals surface area contributed by atoms with E-state index in [9.17, 15) is 0 Å². The Morgan fingerprint density at radius 2 is 2.78 bits per heavy atom. The molecule has 2 rings (SSSR count). The number of hydrogen-bond acceptors (Lipinski definition) is 4. The second-order valence-corrected chi connectivity index (χ2v) is 2.10. The maximum Gasteiger partial charge on any atom is 0.135 e. The van der Waals surface area contributed by atoms with Crippen molar-refractivity contribution < 1.29 is 4.84 Å². The number of hydrogen-bond donors (Lipinski definition) is 1. The molecule has 1 fully saturated rings. The Balaban J connectivity index is 2.23. The summed E-state index contributed by atoms with van der Waals surface area (Å²) >= 11 is 0. The molecule has 48 valence electrons. The molecule has 0 aromatic carbocycles. The van der Waals surface area contributed by atoms with Gasteiger partial charge in [0.05, 0.1) is 19.1 Å². The normalized spacial score (nSPS) is 31.1. The van der Waals surface area contributed by atoms with Gasteiger partial charge in [0.2, 0.25) is 0 Å².